The molecule has 8 nitrogen and oxygen atoms in total. The highest BCUT2D eigenvalue weighted by Crippen LogP contribution is 2.21. The van der Waals surface area contributed by atoms with Crippen LogP contribution in [-0.2, 0) is 21.3 Å². The quantitative estimate of drug-likeness (QED) is 0.771. The molecule has 0 radical (unpaired) electrons. The Morgan fingerprint density at radius 2 is 2.08 bits per heavy atom. The molecule has 3 rings (SSSR count). The second kappa shape index (κ2) is 8.26. The van der Waals surface area contributed by atoms with Gasteiger partial charge in [-0.3, -0.25) is 14.6 Å². The molecule has 2 aromatic rings. The SMILES string of the molecule is CCn1cc(S(=O)(=O)NC[C@@H](c2ccccn2)N2CCOCC2)c(C)n1. The Labute approximate surface area is 154 Å². The van der Waals surface area contributed by atoms with E-state index in [-0.39, 0.29) is 17.5 Å². The number of aryl methyl sites for hydroxylation is 2. The van der Waals surface area contributed by atoms with E-state index in [1.54, 1.807) is 24.0 Å². The average Bonchev–Trinajstić information content (AvgIpc) is 3.05. The molecule has 2 aromatic heterocycles. The van der Waals surface area contributed by atoms with Crippen LogP contribution in [0, 0.1) is 6.92 Å². The van der Waals surface area contributed by atoms with Gasteiger partial charge in [0.2, 0.25) is 10.0 Å². The number of nitrogens with one attached hydrogen (secondary N) is 1. The van der Waals surface area contributed by atoms with Crippen molar-refractivity contribution in [1.29, 1.82) is 0 Å². The molecule has 3 heterocycles. The normalized spacial score (nSPS) is 17.3. The Morgan fingerprint density at radius 3 is 2.69 bits per heavy atom. The number of pyridine rings is 1. The molecular formula is C17H25N5O3S. The van der Waals surface area contributed by atoms with Gasteiger partial charge in [0.05, 0.1) is 30.6 Å². The van der Waals surface area contributed by atoms with Gasteiger partial charge in [-0.25, -0.2) is 13.1 Å². The first-order chi connectivity index (χ1) is 12.5. The lowest BCUT2D eigenvalue weighted by Crippen LogP contribution is -2.44. The van der Waals surface area contributed by atoms with Crippen LogP contribution in [0.1, 0.15) is 24.4 Å². The minimum atomic E-state index is -3.64. The molecule has 1 aliphatic heterocycles. The molecule has 0 saturated carbocycles. The monoisotopic (exact) mass is 379 g/mol. The van der Waals surface area contributed by atoms with Crippen molar-refractivity contribution < 1.29 is 13.2 Å². The highest BCUT2D eigenvalue weighted by atomic mass is 32.2. The third-order valence-electron chi connectivity index (χ3n) is 4.50. The number of aromatic nitrogens is 3. The highest BCUT2D eigenvalue weighted by Gasteiger charge is 2.27. The highest BCUT2D eigenvalue weighted by molar-refractivity contribution is 7.89. The summed E-state index contributed by atoms with van der Waals surface area (Å²) in [4.78, 5) is 6.86. The fourth-order valence-corrected chi connectivity index (χ4v) is 4.30. The zero-order valence-electron chi connectivity index (χ0n) is 15.1. The second-order valence-electron chi connectivity index (χ2n) is 6.21. The first-order valence-corrected chi connectivity index (χ1v) is 10.3. The van der Waals surface area contributed by atoms with Crippen LogP contribution in [0.25, 0.3) is 0 Å². The zero-order chi connectivity index (χ0) is 18.6. The minimum Gasteiger partial charge on any atom is -0.379 e. The molecule has 1 atom stereocenters. The van der Waals surface area contributed by atoms with Gasteiger partial charge in [-0.2, -0.15) is 5.10 Å². The lowest BCUT2D eigenvalue weighted by atomic mass is 10.1. The maximum absolute atomic E-state index is 12.8. The summed E-state index contributed by atoms with van der Waals surface area (Å²) in [6.07, 6.45) is 3.30. The fourth-order valence-electron chi connectivity index (χ4n) is 3.07. The lowest BCUT2D eigenvalue weighted by Gasteiger charge is -2.34. The summed E-state index contributed by atoms with van der Waals surface area (Å²) in [6.45, 7) is 7.27. The number of hydrogen-bond donors (Lipinski definition) is 1. The van der Waals surface area contributed by atoms with Gasteiger partial charge in [-0.1, -0.05) is 6.07 Å². The molecule has 0 spiro atoms. The van der Waals surface area contributed by atoms with Gasteiger partial charge >= 0.3 is 0 Å². The van der Waals surface area contributed by atoms with Crippen LogP contribution in [0.3, 0.4) is 0 Å². The van der Waals surface area contributed by atoms with Crippen LogP contribution in [0.4, 0.5) is 0 Å². The van der Waals surface area contributed by atoms with E-state index in [0.717, 1.165) is 18.8 Å². The fraction of sp³-hybridized carbons (Fsp3) is 0.529. The van der Waals surface area contributed by atoms with Gasteiger partial charge in [-0.15, -0.1) is 0 Å². The van der Waals surface area contributed by atoms with E-state index in [4.69, 9.17) is 4.74 Å². The Bertz CT molecular complexity index is 816. The summed E-state index contributed by atoms with van der Waals surface area (Å²) in [5.41, 5.74) is 1.35. The third-order valence-corrected chi connectivity index (χ3v) is 6.02. The van der Waals surface area contributed by atoms with E-state index in [2.05, 4.69) is 19.7 Å². The van der Waals surface area contributed by atoms with Crippen LogP contribution < -0.4 is 4.72 Å². The van der Waals surface area contributed by atoms with Crippen LogP contribution in [0.15, 0.2) is 35.5 Å². The molecule has 1 saturated heterocycles. The van der Waals surface area contributed by atoms with E-state index >= 15 is 0 Å². The molecule has 26 heavy (non-hydrogen) atoms. The molecule has 0 aromatic carbocycles. The molecule has 0 bridgehead atoms. The summed E-state index contributed by atoms with van der Waals surface area (Å²) < 4.78 is 35.3. The molecule has 0 amide bonds. The number of sulfonamides is 1. The first kappa shape index (κ1) is 19.0. The summed E-state index contributed by atoms with van der Waals surface area (Å²) in [5, 5.41) is 4.23. The predicted octanol–water partition coefficient (Wildman–Crippen LogP) is 0.958. The maximum Gasteiger partial charge on any atom is 0.244 e. The van der Waals surface area contributed by atoms with Gasteiger partial charge < -0.3 is 4.74 Å². The molecule has 1 fully saturated rings. The molecule has 0 unspecified atom stereocenters. The van der Waals surface area contributed by atoms with E-state index in [0.29, 0.717) is 25.5 Å². The second-order valence-corrected chi connectivity index (χ2v) is 7.94. The molecular weight excluding hydrogens is 354 g/mol. The van der Waals surface area contributed by atoms with Crippen LogP contribution in [0.5, 0.6) is 0 Å². The number of hydrogen-bond acceptors (Lipinski definition) is 6. The van der Waals surface area contributed by atoms with Crippen molar-refractivity contribution in [3.8, 4) is 0 Å². The summed E-state index contributed by atoms with van der Waals surface area (Å²) in [6, 6.07) is 5.55. The molecule has 1 aliphatic rings. The predicted molar refractivity (Wildman–Crippen MR) is 97.2 cm³/mol. The third kappa shape index (κ3) is 4.29. The zero-order valence-corrected chi connectivity index (χ0v) is 15.9. The van der Waals surface area contributed by atoms with Gasteiger partial charge in [0.25, 0.3) is 0 Å². The van der Waals surface area contributed by atoms with Crippen LogP contribution in [-0.4, -0.2) is 60.9 Å². The van der Waals surface area contributed by atoms with Crippen molar-refractivity contribution in [2.24, 2.45) is 0 Å². The lowest BCUT2D eigenvalue weighted by molar-refractivity contribution is 0.0163. The number of ether oxygens (including phenoxy) is 1. The standard InChI is InChI=1S/C17H25N5O3S/c1-3-22-13-17(14(2)20-22)26(23,24)19-12-16(15-6-4-5-7-18-15)21-8-10-25-11-9-21/h4-7,13,16,19H,3,8-12H2,1-2H3/t16-/m0/s1. The van der Waals surface area contributed by atoms with E-state index in [1.807, 2.05) is 25.1 Å². The van der Waals surface area contributed by atoms with E-state index in [1.165, 1.54) is 0 Å². The number of nitrogens with zero attached hydrogens (tertiary/aromatic N) is 4. The Hall–Kier alpha value is -1.81. The smallest absolute Gasteiger partial charge is 0.244 e. The van der Waals surface area contributed by atoms with Gasteiger partial charge in [0.1, 0.15) is 4.90 Å². The van der Waals surface area contributed by atoms with Crippen molar-refractivity contribution in [1.82, 2.24) is 24.4 Å². The largest absolute Gasteiger partial charge is 0.379 e. The van der Waals surface area contributed by atoms with E-state index in [9.17, 15) is 8.42 Å². The maximum atomic E-state index is 12.8. The molecule has 142 valence electrons. The summed E-state index contributed by atoms with van der Waals surface area (Å²) >= 11 is 0. The first-order valence-electron chi connectivity index (χ1n) is 8.77. The van der Waals surface area contributed by atoms with Crippen molar-refractivity contribution in [3.05, 3.63) is 42.0 Å². The molecule has 9 heteroatoms. The van der Waals surface area contributed by atoms with E-state index < -0.39 is 10.0 Å². The van der Waals surface area contributed by atoms with Crippen molar-refractivity contribution in [2.45, 2.75) is 31.3 Å². The average molecular weight is 379 g/mol. The number of morpholine rings is 1. The van der Waals surface area contributed by atoms with Crippen molar-refractivity contribution >= 4 is 10.0 Å². The Kier molecular flexibility index (Phi) is 6.02. The number of rotatable bonds is 7. The Morgan fingerprint density at radius 1 is 1.31 bits per heavy atom. The van der Waals surface area contributed by atoms with Gasteiger partial charge in [0, 0.05) is 38.6 Å². The van der Waals surface area contributed by atoms with Gasteiger partial charge in [0.15, 0.2) is 0 Å². The minimum absolute atomic E-state index is 0.142. The molecule has 1 N–H and O–H groups in total. The van der Waals surface area contributed by atoms with Crippen LogP contribution in [0.2, 0.25) is 0 Å². The topological polar surface area (TPSA) is 89.4 Å². The van der Waals surface area contributed by atoms with Crippen LogP contribution >= 0.6 is 0 Å². The van der Waals surface area contributed by atoms with Gasteiger partial charge in [-0.05, 0) is 26.0 Å². The van der Waals surface area contributed by atoms with Crippen molar-refractivity contribution in [3.63, 3.8) is 0 Å². The van der Waals surface area contributed by atoms with Crippen molar-refractivity contribution in [2.75, 3.05) is 32.8 Å². The summed E-state index contributed by atoms with van der Waals surface area (Å²) in [5.74, 6) is 0. The summed E-state index contributed by atoms with van der Waals surface area (Å²) in [7, 11) is -3.64. The molecule has 0 aliphatic carbocycles. The Balaban J connectivity index is 1.79.